The van der Waals surface area contributed by atoms with Crippen molar-refractivity contribution in [1.29, 1.82) is 0 Å². The van der Waals surface area contributed by atoms with Gasteiger partial charge in [-0.1, -0.05) is 0 Å². The fourth-order valence-electron chi connectivity index (χ4n) is 2.86. The van der Waals surface area contributed by atoms with E-state index >= 15 is 0 Å². The highest BCUT2D eigenvalue weighted by Gasteiger charge is 2.26. The average molecular weight is 338 g/mol. The summed E-state index contributed by atoms with van der Waals surface area (Å²) in [5, 5.41) is 5.79. The van der Waals surface area contributed by atoms with Crippen LogP contribution in [0.4, 0.5) is 26.2 Å². The van der Waals surface area contributed by atoms with Crippen molar-refractivity contribution in [1.82, 2.24) is 5.32 Å². The van der Waals surface area contributed by atoms with E-state index < -0.39 is 11.7 Å². The summed E-state index contributed by atoms with van der Waals surface area (Å²) in [7, 11) is 1.71. The van der Waals surface area contributed by atoms with Crippen molar-refractivity contribution in [2.75, 3.05) is 36.1 Å². The van der Waals surface area contributed by atoms with Crippen molar-refractivity contribution in [2.24, 2.45) is 0 Å². The maximum absolute atomic E-state index is 13.8. The molecule has 24 heavy (non-hydrogen) atoms. The first-order chi connectivity index (χ1) is 11.2. The lowest BCUT2D eigenvalue weighted by Gasteiger charge is -2.36. The molecule has 0 radical (unpaired) electrons. The van der Waals surface area contributed by atoms with Gasteiger partial charge in [-0.3, -0.25) is 0 Å². The Morgan fingerprint density at radius 3 is 2.75 bits per heavy atom. The smallest absolute Gasteiger partial charge is 0.407 e. The Morgan fingerprint density at radius 2 is 2.12 bits per heavy atom. The minimum atomic E-state index is -0.535. The number of ether oxygens (including phenoxy) is 1. The van der Waals surface area contributed by atoms with Crippen molar-refractivity contribution in [3.05, 3.63) is 17.9 Å². The summed E-state index contributed by atoms with van der Waals surface area (Å²) in [5.74, 6) is -0.342. The van der Waals surface area contributed by atoms with Gasteiger partial charge < -0.3 is 26.0 Å². The molecule has 0 spiro atoms. The number of hydrogen-bond donors (Lipinski definition) is 3. The second-order valence-electron chi connectivity index (χ2n) is 7.07. The summed E-state index contributed by atoms with van der Waals surface area (Å²) in [6.07, 6.45) is 1.30. The normalized spacial score (nSPS) is 18.2. The molecule has 0 bridgehead atoms. The molecule has 134 valence electrons. The number of hydrogen-bond acceptors (Lipinski definition) is 5. The fourth-order valence-corrected chi connectivity index (χ4v) is 2.86. The van der Waals surface area contributed by atoms with Gasteiger partial charge in [0.1, 0.15) is 11.4 Å². The monoisotopic (exact) mass is 338 g/mol. The summed E-state index contributed by atoms with van der Waals surface area (Å²) < 4.78 is 19.1. The molecular weight excluding hydrogens is 311 g/mol. The third-order valence-corrected chi connectivity index (χ3v) is 3.88. The minimum Gasteiger partial charge on any atom is -0.444 e. The highest BCUT2D eigenvalue weighted by Crippen LogP contribution is 2.33. The Balaban J connectivity index is 2.08. The van der Waals surface area contributed by atoms with Crippen molar-refractivity contribution in [3.63, 3.8) is 0 Å². The highest BCUT2D eigenvalue weighted by molar-refractivity contribution is 5.81. The fraction of sp³-hybridized carbons (Fsp3) is 0.588. The van der Waals surface area contributed by atoms with Crippen LogP contribution < -0.4 is 21.3 Å². The quantitative estimate of drug-likeness (QED) is 0.739. The number of carbonyl (C=O) groups excluding carboxylic acids is 1. The van der Waals surface area contributed by atoms with E-state index in [9.17, 15) is 9.18 Å². The van der Waals surface area contributed by atoms with Gasteiger partial charge in [0.2, 0.25) is 0 Å². The molecule has 1 aliphatic heterocycles. The molecule has 1 heterocycles. The van der Waals surface area contributed by atoms with Crippen LogP contribution in [-0.4, -0.2) is 37.9 Å². The largest absolute Gasteiger partial charge is 0.444 e. The molecule has 1 aromatic carbocycles. The second kappa shape index (κ2) is 7.15. The first-order valence-electron chi connectivity index (χ1n) is 8.21. The van der Waals surface area contributed by atoms with Gasteiger partial charge in [-0.2, -0.15) is 0 Å². The molecule has 1 amide bonds. The van der Waals surface area contributed by atoms with Crippen LogP contribution in [0, 0.1) is 5.82 Å². The number of halogens is 1. The molecule has 2 rings (SSSR count). The molecule has 1 aliphatic rings. The van der Waals surface area contributed by atoms with Crippen molar-refractivity contribution < 1.29 is 13.9 Å². The molecule has 1 saturated heterocycles. The molecular formula is C17H27FN4O2. The molecule has 1 atom stereocenters. The number of carbonyl (C=O) groups is 1. The van der Waals surface area contributed by atoms with Crippen LogP contribution in [0.15, 0.2) is 12.1 Å². The Kier molecular flexibility index (Phi) is 5.41. The number of nitrogens with two attached hydrogens (primary N) is 1. The van der Waals surface area contributed by atoms with Crippen LogP contribution in [0.1, 0.15) is 33.6 Å². The standard InChI is InChI=1S/C17H27FN4O2/c1-17(2,3)24-16(23)21-12-6-5-7-22(10-12)14-9-11(18)8-13(20-4)15(14)19/h8-9,12,20H,5-7,10,19H2,1-4H3,(H,21,23)/t12-/m1/s1. The number of nitrogens with zero attached hydrogens (tertiary/aromatic N) is 1. The van der Waals surface area contributed by atoms with Crippen molar-refractivity contribution >= 4 is 23.2 Å². The molecule has 1 aromatic rings. The van der Waals surface area contributed by atoms with Gasteiger partial charge in [0, 0.05) is 26.2 Å². The molecule has 4 N–H and O–H groups in total. The zero-order chi connectivity index (χ0) is 17.9. The first kappa shape index (κ1) is 18.2. The van der Waals surface area contributed by atoms with E-state index in [4.69, 9.17) is 10.5 Å². The number of benzene rings is 1. The Morgan fingerprint density at radius 1 is 1.42 bits per heavy atom. The average Bonchev–Trinajstić information content (AvgIpc) is 2.47. The van der Waals surface area contributed by atoms with Crippen molar-refractivity contribution in [2.45, 2.75) is 45.3 Å². The summed E-state index contributed by atoms with van der Waals surface area (Å²) in [4.78, 5) is 13.9. The van der Waals surface area contributed by atoms with E-state index in [1.807, 2.05) is 25.7 Å². The van der Waals surface area contributed by atoms with Crippen molar-refractivity contribution in [3.8, 4) is 0 Å². The predicted molar refractivity (Wildman–Crippen MR) is 95.0 cm³/mol. The zero-order valence-corrected chi connectivity index (χ0v) is 14.8. The van der Waals surface area contributed by atoms with Gasteiger partial charge in [-0.05, 0) is 45.7 Å². The summed E-state index contributed by atoms with van der Waals surface area (Å²) in [6.45, 7) is 6.81. The third-order valence-electron chi connectivity index (χ3n) is 3.88. The lowest BCUT2D eigenvalue weighted by atomic mass is 10.0. The van der Waals surface area contributed by atoms with Crippen LogP contribution in [-0.2, 0) is 4.74 Å². The van der Waals surface area contributed by atoms with Gasteiger partial charge >= 0.3 is 6.09 Å². The predicted octanol–water partition coefficient (Wildman–Crippen LogP) is 2.94. The molecule has 6 nitrogen and oxygen atoms in total. The van der Waals surface area contributed by atoms with Crippen LogP contribution in [0.25, 0.3) is 0 Å². The maximum Gasteiger partial charge on any atom is 0.407 e. The number of alkyl carbamates (subject to hydrolysis) is 1. The van der Waals surface area contributed by atoms with E-state index in [0.29, 0.717) is 23.6 Å². The van der Waals surface area contributed by atoms with E-state index in [2.05, 4.69) is 10.6 Å². The Bertz CT molecular complexity index is 601. The van der Waals surface area contributed by atoms with Crippen LogP contribution in [0.3, 0.4) is 0 Å². The number of rotatable bonds is 3. The lowest BCUT2D eigenvalue weighted by molar-refractivity contribution is 0.0500. The van der Waals surface area contributed by atoms with Gasteiger partial charge in [0.05, 0.1) is 17.1 Å². The summed E-state index contributed by atoms with van der Waals surface area (Å²) >= 11 is 0. The molecule has 0 unspecified atom stereocenters. The second-order valence-corrected chi connectivity index (χ2v) is 7.07. The van der Waals surface area contributed by atoms with Crippen LogP contribution >= 0.6 is 0 Å². The number of anilines is 3. The maximum atomic E-state index is 13.8. The number of nitrogens with one attached hydrogen (secondary N) is 2. The van der Waals surface area contributed by atoms with Gasteiger partial charge in [0.15, 0.2) is 0 Å². The number of nitrogen functional groups attached to an aromatic ring is 1. The van der Waals surface area contributed by atoms with Crippen LogP contribution in [0.2, 0.25) is 0 Å². The molecule has 7 heteroatoms. The molecule has 0 saturated carbocycles. The van der Waals surface area contributed by atoms with Gasteiger partial charge in [-0.25, -0.2) is 9.18 Å². The molecule has 0 aliphatic carbocycles. The first-order valence-corrected chi connectivity index (χ1v) is 8.21. The molecule has 0 aromatic heterocycles. The van der Waals surface area contributed by atoms with E-state index in [1.54, 1.807) is 7.05 Å². The topological polar surface area (TPSA) is 79.6 Å². The Hall–Kier alpha value is -2.18. The van der Waals surface area contributed by atoms with Crippen LogP contribution in [0.5, 0.6) is 0 Å². The van der Waals surface area contributed by atoms with Gasteiger partial charge in [-0.15, -0.1) is 0 Å². The number of amides is 1. The summed E-state index contributed by atoms with van der Waals surface area (Å²) in [5.41, 5.74) is 7.33. The van der Waals surface area contributed by atoms with Gasteiger partial charge in [0.25, 0.3) is 0 Å². The number of piperidine rings is 1. The van der Waals surface area contributed by atoms with E-state index in [0.717, 1.165) is 19.4 Å². The third kappa shape index (κ3) is 4.66. The van der Waals surface area contributed by atoms with E-state index in [-0.39, 0.29) is 11.9 Å². The molecule has 1 fully saturated rings. The van der Waals surface area contributed by atoms with E-state index in [1.165, 1.54) is 12.1 Å². The SMILES string of the molecule is CNc1cc(F)cc(N2CCC[C@@H](NC(=O)OC(C)(C)C)C2)c1N. The zero-order valence-electron chi connectivity index (χ0n) is 14.8. The minimum absolute atomic E-state index is 0.0608. The highest BCUT2D eigenvalue weighted by atomic mass is 19.1. The summed E-state index contributed by atoms with van der Waals surface area (Å²) in [6, 6.07) is 2.75. The lowest BCUT2D eigenvalue weighted by Crippen LogP contribution is -2.49. The Labute approximate surface area is 142 Å².